The zero-order valence-corrected chi connectivity index (χ0v) is 15.6. The van der Waals surface area contributed by atoms with E-state index in [0.29, 0.717) is 18.8 Å². The van der Waals surface area contributed by atoms with Crippen molar-refractivity contribution in [3.8, 4) is 6.07 Å². The van der Waals surface area contributed by atoms with Crippen LogP contribution in [0.1, 0.15) is 31.2 Å². The fraction of sp³-hybridized carbons (Fsp3) is 0.529. The van der Waals surface area contributed by atoms with Crippen molar-refractivity contribution in [2.24, 2.45) is 5.92 Å². The van der Waals surface area contributed by atoms with Gasteiger partial charge < -0.3 is 5.11 Å². The van der Waals surface area contributed by atoms with Gasteiger partial charge in [0.25, 0.3) is 0 Å². The van der Waals surface area contributed by atoms with Crippen LogP contribution >= 0.6 is 11.6 Å². The second-order valence-electron chi connectivity index (χ2n) is 6.96. The molecule has 2 fully saturated rings. The maximum absolute atomic E-state index is 12.5. The van der Waals surface area contributed by atoms with Gasteiger partial charge >= 0.3 is 5.97 Å². The first-order valence-corrected chi connectivity index (χ1v) is 10.3. The van der Waals surface area contributed by atoms with Gasteiger partial charge in [-0.3, -0.25) is 9.69 Å². The van der Waals surface area contributed by atoms with Crippen LogP contribution in [-0.2, 0) is 14.8 Å². The van der Waals surface area contributed by atoms with Crippen LogP contribution in [0.4, 0.5) is 0 Å². The Kier molecular flexibility index (Phi) is 5.53. The van der Waals surface area contributed by atoms with Crippen molar-refractivity contribution in [2.45, 2.75) is 42.7 Å². The van der Waals surface area contributed by atoms with Crippen molar-refractivity contribution in [1.82, 2.24) is 9.62 Å². The quantitative estimate of drug-likeness (QED) is 0.692. The van der Waals surface area contributed by atoms with Crippen LogP contribution in [0.15, 0.2) is 23.1 Å². The van der Waals surface area contributed by atoms with Gasteiger partial charge in [0.05, 0.1) is 22.0 Å². The summed E-state index contributed by atoms with van der Waals surface area (Å²) >= 11 is 5.84. The Morgan fingerprint density at radius 2 is 2.08 bits per heavy atom. The number of carboxylic acid groups (broad SMARTS) is 1. The van der Waals surface area contributed by atoms with E-state index in [2.05, 4.69) is 4.72 Å². The van der Waals surface area contributed by atoms with Gasteiger partial charge in [-0.1, -0.05) is 11.6 Å². The number of carboxylic acids is 1. The summed E-state index contributed by atoms with van der Waals surface area (Å²) in [7, 11) is -3.75. The minimum absolute atomic E-state index is 0.00210. The summed E-state index contributed by atoms with van der Waals surface area (Å²) in [5.74, 6) is -0.288. The molecule has 140 valence electrons. The molecule has 9 heteroatoms. The van der Waals surface area contributed by atoms with Crippen LogP contribution < -0.4 is 4.72 Å². The molecule has 2 N–H and O–H groups in total. The normalized spacial score (nSPS) is 22.7. The Morgan fingerprint density at radius 1 is 1.38 bits per heavy atom. The molecule has 2 aliphatic carbocycles. The van der Waals surface area contributed by atoms with Crippen LogP contribution in [0.2, 0.25) is 5.02 Å². The number of carbonyl (C=O) groups is 1. The first-order valence-electron chi connectivity index (χ1n) is 8.46. The van der Waals surface area contributed by atoms with E-state index in [4.69, 9.17) is 22.0 Å². The summed E-state index contributed by atoms with van der Waals surface area (Å²) in [6, 6.07) is 5.73. The predicted molar refractivity (Wildman–Crippen MR) is 95.2 cm³/mol. The lowest BCUT2D eigenvalue weighted by Gasteiger charge is -2.42. The number of benzene rings is 1. The molecule has 2 aliphatic rings. The number of hydrogen-bond donors (Lipinski definition) is 2. The molecule has 3 rings (SSSR count). The average molecular weight is 398 g/mol. The SMILES string of the molecule is N#Cc1cc(S(=O)(=O)NC2CC(N(CC(=O)O)CC3CC3)C2)ccc1Cl. The van der Waals surface area contributed by atoms with Crippen LogP contribution in [0.5, 0.6) is 0 Å². The van der Waals surface area contributed by atoms with Crippen molar-refractivity contribution in [2.75, 3.05) is 13.1 Å². The second-order valence-corrected chi connectivity index (χ2v) is 9.08. The number of aliphatic carboxylic acids is 1. The highest BCUT2D eigenvalue weighted by atomic mass is 35.5. The van der Waals surface area contributed by atoms with Gasteiger partial charge in [0.1, 0.15) is 6.07 Å². The van der Waals surface area contributed by atoms with Crippen LogP contribution in [0.25, 0.3) is 0 Å². The van der Waals surface area contributed by atoms with E-state index < -0.39 is 16.0 Å². The second kappa shape index (κ2) is 7.53. The maximum atomic E-state index is 12.5. The molecular formula is C17H20ClN3O4S. The summed E-state index contributed by atoms with van der Waals surface area (Å²) in [5.41, 5.74) is 0.109. The number of halogens is 1. The first-order chi connectivity index (χ1) is 12.3. The summed E-state index contributed by atoms with van der Waals surface area (Å²) in [4.78, 5) is 13.0. The van der Waals surface area contributed by atoms with Gasteiger partial charge in [-0.05, 0) is 49.8 Å². The van der Waals surface area contributed by atoms with Crippen molar-refractivity contribution < 1.29 is 18.3 Å². The first kappa shape index (κ1) is 19.1. The topological polar surface area (TPSA) is 110 Å². The largest absolute Gasteiger partial charge is 0.480 e. The minimum Gasteiger partial charge on any atom is -0.480 e. The third-order valence-corrected chi connectivity index (χ3v) is 6.70. The molecule has 1 aromatic carbocycles. The molecule has 2 saturated carbocycles. The fourth-order valence-electron chi connectivity index (χ4n) is 3.18. The number of nitrogens with one attached hydrogen (secondary N) is 1. The zero-order valence-electron chi connectivity index (χ0n) is 14.1. The molecule has 0 aliphatic heterocycles. The van der Waals surface area contributed by atoms with Crippen molar-refractivity contribution in [1.29, 1.82) is 5.26 Å². The minimum atomic E-state index is -3.75. The molecule has 0 saturated heterocycles. The Hall–Kier alpha value is -1.66. The average Bonchev–Trinajstić information content (AvgIpc) is 3.33. The molecular weight excluding hydrogens is 378 g/mol. The summed E-state index contributed by atoms with van der Waals surface area (Å²) in [5, 5.41) is 18.3. The molecule has 7 nitrogen and oxygen atoms in total. The highest BCUT2D eigenvalue weighted by molar-refractivity contribution is 7.89. The van der Waals surface area contributed by atoms with E-state index in [0.717, 1.165) is 19.4 Å². The van der Waals surface area contributed by atoms with E-state index in [9.17, 15) is 13.2 Å². The predicted octanol–water partition coefficient (Wildman–Crippen LogP) is 1.82. The van der Waals surface area contributed by atoms with Crippen molar-refractivity contribution in [3.05, 3.63) is 28.8 Å². The summed E-state index contributed by atoms with van der Waals surface area (Å²) < 4.78 is 27.6. The van der Waals surface area contributed by atoms with E-state index in [1.165, 1.54) is 18.2 Å². The van der Waals surface area contributed by atoms with Gasteiger partial charge in [-0.25, -0.2) is 13.1 Å². The van der Waals surface area contributed by atoms with Gasteiger partial charge in [0.2, 0.25) is 10.0 Å². The monoisotopic (exact) mass is 397 g/mol. The highest BCUT2D eigenvalue weighted by Crippen LogP contribution is 2.34. The molecule has 0 unspecified atom stereocenters. The highest BCUT2D eigenvalue weighted by Gasteiger charge is 2.38. The van der Waals surface area contributed by atoms with Crippen molar-refractivity contribution >= 4 is 27.6 Å². The van der Waals surface area contributed by atoms with Crippen LogP contribution in [0, 0.1) is 17.2 Å². The van der Waals surface area contributed by atoms with Crippen LogP contribution in [-0.4, -0.2) is 49.6 Å². The Labute approximate surface area is 157 Å². The molecule has 0 heterocycles. The lowest BCUT2D eigenvalue weighted by Crippen LogP contribution is -2.55. The van der Waals surface area contributed by atoms with Gasteiger partial charge in [0, 0.05) is 18.6 Å². The lowest BCUT2D eigenvalue weighted by atomic mass is 9.86. The van der Waals surface area contributed by atoms with Crippen molar-refractivity contribution in [3.63, 3.8) is 0 Å². The smallest absolute Gasteiger partial charge is 0.317 e. The molecule has 0 spiro atoms. The van der Waals surface area contributed by atoms with Crippen LogP contribution in [0.3, 0.4) is 0 Å². The summed E-state index contributed by atoms with van der Waals surface area (Å²) in [6.45, 7) is 0.752. The Balaban J connectivity index is 1.60. The standard InChI is InChI=1S/C17H20ClN3O4S/c18-16-4-3-15(5-12(16)8-19)26(24,25)20-13-6-14(7-13)21(10-17(22)23)9-11-1-2-11/h3-5,11,13-14,20H,1-2,6-7,9-10H2,(H,22,23). The molecule has 0 amide bonds. The number of hydrogen-bond acceptors (Lipinski definition) is 5. The fourth-order valence-corrected chi connectivity index (χ4v) is 4.62. The van der Waals surface area contributed by atoms with Gasteiger partial charge in [-0.2, -0.15) is 5.26 Å². The molecule has 0 bridgehead atoms. The van der Waals surface area contributed by atoms with E-state index in [-0.39, 0.29) is 34.1 Å². The van der Waals surface area contributed by atoms with Gasteiger partial charge in [-0.15, -0.1) is 0 Å². The third-order valence-electron chi connectivity index (χ3n) is 4.85. The maximum Gasteiger partial charge on any atom is 0.317 e. The third kappa shape index (κ3) is 4.54. The zero-order chi connectivity index (χ0) is 18.9. The lowest BCUT2D eigenvalue weighted by molar-refractivity contribution is -0.139. The molecule has 0 aromatic heterocycles. The molecule has 1 aromatic rings. The van der Waals surface area contributed by atoms with E-state index in [1.54, 1.807) is 0 Å². The molecule has 0 radical (unpaired) electrons. The summed E-state index contributed by atoms with van der Waals surface area (Å²) in [6.07, 6.45) is 3.43. The molecule has 26 heavy (non-hydrogen) atoms. The Bertz CT molecular complexity index is 842. The number of nitriles is 1. The Morgan fingerprint density at radius 3 is 2.65 bits per heavy atom. The molecule has 0 atom stereocenters. The van der Waals surface area contributed by atoms with Gasteiger partial charge in [0.15, 0.2) is 0 Å². The number of sulfonamides is 1. The number of rotatable bonds is 8. The van der Waals surface area contributed by atoms with E-state index >= 15 is 0 Å². The number of nitrogens with zero attached hydrogens (tertiary/aromatic N) is 2. The van der Waals surface area contributed by atoms with E-state index in [1.807, 2.05) is 11.0 Å².